The highest BCUT2D eigenvalue weighted by Gasteiger charge is 2.02. The quantitative estimate of drug-likeness (QED) is 0.540. The van der Waals surface area contributed by atoms with Crippen LogP contribution in [0.25, 0.3) is 11.0 Å². The van der Waals surface area contributed by atoms with Gasteiger partial charge in [0.2, 0.25) is 5.95 Å². The van der Waals surface area contributed by atoms with Crippen LogP contribution >= 0.6 is 11.6 Å². The van der Waals surface area contributed by atoms with E-state index in [-0.39, 0.29) is 0 Å². The van der Waals surface area contributed by atoms with Crippen LogP contribution in [0.1, 0.15) is 18.1 Å². The number of hydrazone groups is 1. The van der Waals surface area contributed by atoms with Gasteiger partial charge >= 0.3 is 0 Å². The minimum absolute atomic E-state index is 0.565. The van der Waals surface area contributed by atoms with Crippen LogP contribution in [0, 0.1) is 6.92 Å². The Bertz CT molecular complexity index is 857. The van der Waals surface area contributed by atoms with Gasteiger partial charge in [0, 0.05) is 0 Å². The number of ether oxygens (including phenoxy) is 1. The number of halogens is 1. The Morgan fingerprint density at radius 2 is 2.17 bits per heavy atom. The first-order chi connectivity index (χ1) is 11.2. The molecule has 3 rings (SSSR count). The summed E-state index contributed by atoms with van der Waals surface area (Å²) in [5, 5.41) is 4.74. The first-order valence-electron chi connectivity index (χ1n) is 7.33. The first-order valence-corrected chi connectivity index (χ1v) is 7.71. The Morgan fingerprint density at radius 1 is 1.30 bits per heavy atom. The van der Waals surface area contributed by atoms with E-state index in [0.29, 0.717) is 23.3 Å². The lowest BCUT2D eigenvalue weighted by molar-refractivity contribution is 0.340. The molecule has 3 aromatic rings. The molecule has 6 heteroatoms. The minimum atomic E-state index is 0.565. The largest absolute Gasteiger partial charge is 0.492 e. The van der Waals surface area contributed by atoms with Crippen LogP contribution in [-0.2, 0) is 0 Å². The number of hydrogen-bond acceptors (Lipinski definition) is 4. The van der Waals surface area contributed by atoms with Crippen LogP contribution in [0.15, 0.2) is 41.5 Å². The van der Waals surface area contributed by atoms with Crippen molar-refractivity contribution in [2.75, 3.05) is 12.0 Å². The fourth-order valence-electron chi connectivity index (χ4n) is 2.21. The normalized spacial score (nSPS) is 11.3. The lowest BCUT2D eigenvalue weighted by Gasteiger charge is -2.05. The summed E-state index contributed by atoms with van der Waals surface area (Å²) in [6.45, 7) is 4.55. The second-order valence-corrected chi connectivity index (χ2v) is 5.51. The van der Waals surface area contributed by atoms with Crippen molar-refractivity contribution < 1.29 is 4.74 Å². The zero-order valence-electron chi connectivity index (χ0n) is 12.9. The number of rotatable bonds is 5. The van der Waals surface area contributed by atoms with Crippen molar-refractivity contribution in [1.82, 2.24) is 9.97 Å². The fourth-order valence-corrected chi connectivity index (χ4v) is 2.46. The van der Waals surface area contributed by atoms with Crippen LogP contribution in [-0.4, -0.2) is 22.8 Å². The number of hydrogen-bond donors (Lipinski definition) is 2. The van der Waals surface area contributed by atoms with E-state index in [2.05, 4.69) is 20.5 Å². The molecule has 0 spiro atoms. The van der Waals surface area contributed by atoms with Crippen molar-refractivity contribution in [3.05, 3.63) is 52.5 Å². The third-order valence-corrected chi connectivity index (χ3v) is 3.57. The number of nitrogens with zero attached hydrogens (tertiary/aromatic N) is 2. The molecule has 2 N–H and O–H groups in total. The molecule has 0 aliphatic heterocycles. The maximum atomic E-state index is 6.15. The molecular formula is C17H17ClN4O. The highest BCUT2D eigenvalue weighted by atomic mass is 35.5. The molecule has 0 amide bonds. The Hall–Kier alpha value is -2.53. The molecule has 0 atom stereocenters. The van der Waals surface area contributed by atoms with E-state index < -0.39 is 0 Å². The molecule has 0 unspecified atom stereocenters. The second-order valence-electron chi connectivity index (χ2n) is 5.10. The maximum Gasteiger partial charge on any atom is 0.222 e. The number of aryl methyl sites for hydroxylation is 1. The summed E-state index contributed by atoms with van der Waals surface area (Å²) in [5.41, 5.74) is 6.82. The highest BCUT2D eigenvalue weighted by Crippen LogP contribution is 2.24. The first kappa shape index (κ1) is 15.4. The van der Waals surface area contributed by atoms with Crippen LogP contribution in [0.4, 0.5) is 5.95 Å². The van der Waals surface area contributed by atoms with Crippen molar-refractivity contribution in [2.24, 2.45) is 5.10 Å². The molecule has 0 radical (unpaired) electrons. The molecule has 1 aromatic heterocycles. The lowest BCUT2D eigenvalue weighted by atomic mass is 10.2. The predicted molar refractivity (Wildman–Crippen MR) is 94.7 cm³/mol. The number of fused-ring (bicyclic) bond motifs is 1. The van der Waals surface area contributed by atoms with E-state index in [4.69, 9.17) is 16.3 Å². The Balaban J connectivity index is 1.71. The topological polar surface area (TPSA) is 62.3 Å². The van der Waals surface area contributed by atoms with E-state index in [1.807, 2.05) is 44.2 Å². The molecule has 0 bridgehead atoms. The molecule has 5 nitrogen and oxygen atoms in total. The average molecular weight is 329 g/mol. The van der Waals surface area contributed by atoms with Crippen LogP contribution in [0.5, 0.6) is 5.75 Å². The van der Waals surface area contributed by atoms with Gasteiger partial charge in [-0.3, -0.25) is 0 Å². The summed E-state index contributed by atoms with van der Waals surface area (Å²) in [6, 6.07) is 11.6. The van der Waals surface area contributed by atoms with Gasteiger partial charge in [0.25, 0.3) is 0 Å². The third-order valence-electron chi connectivity index (χ3n) is 3.28. The lowest BCUT2D eigenvalue weighted by Crippen LogP contribution is -1.94. The van der Waals surface area contributed by atoms with Gasteiger partial charge in [-0.25, -0.2) is 10.4 Å². The zero-order chi connectivity index (χ0) is 16.2. The van der Waals surface area contributed by atoms with Gasteiger partial charge in [-0.05, 0) is 55.3 Å². The van der Waals surface area contributed by atoms with E-state index in [9.17, 15) is 0 Å². The molecule has 0 aliphatic rings. The standard InChI is InChI=1S/C17H17ClN4O/c1-3-23-16-7-5-12(9-13(16)18)10-19-22-17-20-14-6-4-11(2)8-15(14)21-17/h4-10H,3H2,1-2H3,(H2,20,21,22)/b19-10-. The van der Waals surface area contributed by atoms with Gasteiger partial charge < -0.3 is 9.72 Å². The monoisotopic (exact) mass is 328 g/mol. The number of aromatic amines is 1. The molecule has 0 saturated carbocycles. The summed E-state index contributed by atoms with van der Waals surface area (Å²) in [5.74, 6) is 1.27. The van der Waals surface area contributed by atoms with Gasteiger partial charge in [-0.15, -0.1) is 0 Å². The number of H-pyrrole nitrogens is 1. The van der Waals surface area contributed by atoms with E-state index in [1.165, 1.54) is 5.56 Å². The van der Waals surface area contributed by atoms with Crippen molar-refractivity contribution in [2.45, 2.75) is 13.8 Å². The molecule has 0 saturated heterocycles. The highest BCUT2D eigenvalue weighted by molar-refractivity contribution is 6.32. The summed E-state index contributed by atoms with van der Waals surface area (Å²) in [7, 11) is 0. The minimum Gasteiger partial charge on any atom is -0.492 e. The second kappa shape index (κ2) is 6.71. The SMILES string of the molecule is CCOc1ccc(/C=N\Nc2nc3ccc(C)cc3[nH]2)cc1Cl. The van der Waals surface area contributed by atoms with Gasteiger partial charge in [0.1, 0.15) is 5.75 Å². The van der Waals surface area contributed by atoms with Crippen molar-refractivity contribution in [3.8, 4) is 5.75 Å². The molecule has 2 aromatic carbocycles. The fraction of sp³-hybridized carbons (Fsp3) is 0.176. The van der Waals surface area contributed by atoms with E-state index in [1.54, 1.807) is 12.3 Å². The van der Waals surface area contributed by atoms with Crippen LogP contribution in [0.2, 0.25) is 5.02 Å². The third kappa shape index (κ3) is 3.63. The zero-order valence-corrected chi connectivity index (χ0v) is 13.7. The summed E-state index contributed by atoms with van der Waals surface area (Å²) in [6.07, 6.45) is 1.68. The van der Waals surface area contributed by atoms with Crippen molar-refractivity contribution >= 4 is 34.8 Å². The number of nitrogens with one attached hydrogen (secondary N) is 2. The number of benzene rings is 2. The van der Waals surface area contributed by atoms with E-state index >= 15 is 0 Å². The van der Waals surface area contributed by atoms with Crippen molar-refractivity contribution in [3.63, 3.8) is 0 Å². The van der Waals surface area contributed by atoms with Gasteiger partial charge in [-0.2, -0.15) is 5.10 Å². The number of anilines is 1. The van der Waals surface area contributed by atoms with Crippen molar-refractivity contribution in [1.29, 1.82) is 0 Å². The molecule has 118 valence electrons. The van der Waals surface area contributed by atoms with Gasteiger partial charge in [0.05, 0.1) is 28.9 Å². The maximum absolute atomic E-state index is 6.15. The summed E-state index contributed by atoms with van der Waals surface area (Å²) >= 11 is 6.15. The molecule has 0 fully saturated rings. The Morgan fingerprint density at radius 3 is 2.96 bits per heavy atom. The smallest absolute Gasteiger partial charge is 0.222 e. The Kier molecular flexibility index (Phi) is 4.48. The van der Waals surface area contributed by atoms with Crippen LogP contribution < -0.4 is 10.2 Å². The molecular weight excluding hydrogens is 312 g/mol. The predicted octanol–water partition coefficient (Wildman–Crippen LogP) is 4.37. The Labute approximate surface area is 139 Å². The molecule has 0 aliphatic carbocycles. The van der Waals surface area contributed by atoms with Gasteiger partial charge in [0.15, 0.2) is 0 Å². The van der Waals surface area contributed by atoms with Crippen LogP contribution in [0.3, 0.4) is 0 Å². The summed E-state index contributed by atoms with van der Waals surface area (Å²) in [4.78, 5) is 7.59. The van der Waals surface area contributed by atoms with E-state index in [0.717, 1.165) is 16.6 Å². The molecule has 23 heavy (non-hydrogen) atoms. The number of imidazole rings is 1. The van der Waals surface area contributed by atoms with Gasteiger partial charge in [-0.1, -0.05) is 17.7 Å². The molecule has 1 heterocycles. The number of aromatic nitrogens is 2. The summed E-state index contributed by atoms with van der Waals surface area (Å²) < 4.78 is 5.40. The average Bonchev–Trinajstić information content (AvgIpc) is 2.92.